The molecule has 548 valence electrons. The fourth-order valence-corrected chi connectivity index (χ4v) is 12.8. The van der Waals surface area contributed by atoms with E-state index in [0.29, 0.717) is 79.2 Å². The smallest absolute Gasteiger partial charge is 0.326 e. The van der Waals surface area contributed by atoms with Crippen molar-refractivity contribution in [3.05, 3.63) is 143 Å². The highest BCUT2D eigenvalue weighted by atomic mass is 35.5. The summed E-state index contributed by atoms with van der Waals surface area (Å²) in [7, 11) is 1.38. The number of phenols is 2. The van der Waals surface area contributed by atoms with E-state index in [0.717, 1.165) is 42.9 Å². The third-order valence-electron chi connectivity index (χ3n) is 16.2. The van der Waals surface area contributed by atoms with Gasteiger partial charge in [0.05, 0.1) is 50.7 Å². The number of unbranched alkanes of at least 4 members (excludes halogenated alkanes) is 9. The van der Waals surface area contributed by atoms with Crippen molar-refractivity contribution >= 4 is 157 Å². The topological polar surface area (TPSA) is 296 Å². The first-order valence-corrected chi connectivity index (χ1v) is 35.6. The third kappa shape index (κ3) is 23.0. The predicted molar refractivity (Wildman–Crippen MR) is 404 cm³/mol. The molecule has 0 radical (unpaired) electrons. The van der Waals surface area contributed by atoms with Crippen molar-refractivity contribution in [1.82, 2.24) is 15.6 Å². The number of rotatable bonds is 29. The lowest BCUT2D eigenvalue weighted by Crippen LogP contribution is -2.52. The normalized spacial score (nSPS) is 14.2. The number of anilines is 5. The first-order valence-electron chi connectivity index (χ1n) is 33.4. The number of hydrogen-bond donors (Lipinski definition) is 8. The van der Waals surface area contributed by atoms with E-state index in [1.54, 1.807) is 42.5 Å². The van der Waals surface area contributed by atoms with Crippen LogP contribution < -0.4 is 51.2 Å². The maximum Gasteiger partial charge on any atom is 0.326 e. The number of carbonyl (C=O) groups excluding carboxylic acids is 8. The van der Waals surface area contributed by atoms with Crippen molar-refractivity contribution in [3.63, 3.8) is 0 Å². The van der Waals surface area contributed by atoms with Crippen LogP contribution >= 0.6 is 69.6 Å². The van der Waals surface area contributed by atoms with E-state index >= 15 is 0 Å². The number of Topliss-reactive ketones (excluding diaryl/α,β-unsaturated/α-hetero) is 1. The molecule has 2 heterocycles. The van der Waals surface area contributed by atoms with Crippen molar-refractivity contribution in [3.8, 4) is 28.7 Å². The van der Waals surface area contributed by atoms with Crippen LogP contribution in [-0.2, 0) is 40.0 Å². The number of ketones is 1. The largest absolute Gasteiger partial charge is 0.508 e. The molecule has 0 saturated carbocycles. The number of amides is 8. The lowest BCUT2D eigenvalue weighted by molar-refractivity contribution is -0.141. The van der Waals surface area contributed by atoms with Gasteiger partial charge in [-0.05, 0) is 163 Å². The molecule has 2 fully saturated rings. The Balaban J connectivity index is 0.000000259. The average Bonchev–Trinajstić information content (AvgIpc) is 1.61. The molecule has 8 rings (SSSR count). The highest BCUT2D eigenvalue weighted by molar-refractivity contribution is 6.43. The van der Waals surface area contributed by atoms with Crippen molar-refractivity contribution in [2.45, 2.75) is 183 Å². The van der Waals surface area contributed by atoms with Crippen LogP contribution in [0.15, 0.2) is 96.0 Å². The van der Waals surface area contributed by atoms with Crippen molar-refractivity contribution in [2.24, 2.45) is 4.99 Å². The number of nitrogens with one attached hydrogen (secondary N) is 6. The van der Waals surface area contributed by atoms with Gasteiger partial charge in [0, 0.05) is 28.3 Å². The summed E-state index contributed by atoms with van der Waals surface area (Å²) in [4.78, 5) is 105. The van der Waals surface area contributed by atoms with Crippen molar-refractivity contribution < 1.29 is 62.8 Å². The molecule has 0 bridgehead atoms. The molecule has 28 heteroatoms. The summed E-state index contributed by atoms with van der Waals surface area (Å²) in [6.07, 6.45) is 11.9. The van der Waals surface area contributed by atoms with Crippen LogP contribution in [0.5, 0.6) is 28.7 Å². The lowest BCUT2D eigenvalue weighted by atomic mass is 10.0. The van der Waals surface area contributed by atoms with Crippen LogP contribution in [0.3, 0.4) is 0 Å². The maximum atomic E-state index is 13.6. The number of benzene rings is 6. The van der Waals surface area contributed by atoms with Gasteiger partial charge >= 0.3 is 6.03 Å². The number of imide groups is 1. The molecule has 0 aliphatic carbocycles. The molecule has 3 atom stereocenters. The van der Waals surface area contributed by atoms with Crippen molar-refractivity contribution in [2.75, 3.05) is 33.4 Å². The molecule has 8 amide bonds. The molecule has 8 N–H and O–H groups in total. The van der Waals surface area contributed by atoms with E-state index in [-0.39, 0.29) is 79.4 Å². The second-order valence-corrected chi connectivity index (χ2v) is 27.4. The number of amidine groups is 1. The Labute approximate surface area is 624 Å². The molecule has 0 spiro atoms. The van der Waals surface area contributed by atoms with Crippen LogP contribution in [0.1, 0.15) is 154 Å². The Morgan fingerprint density at radius 2 is 1.20 bits per heavy atom. The monoisotopic (exact) mass is 1520 g/mol. The van der Waals surface area contributed by atoms with E-state index < -0.39 is 47.4 Å². The minimum atomic E-state index is -1.65. The number of hydrazine groups is 1. The average molecular weight is 1520 g/mol. The van der Waals surface area contributed by atoms with Crippen LogP contribution in [0.2, 0.25) is 30.1 Å². The van der Waals surface area contributed by atoms with Crippen LogP contribution in [-0.4, -0.2) is 99.1 Å². The molecular weight excluding hydrogens is 1440 g/mol. The predicted octanol–water partition coefficient (Wildman–Crippen LogP) is 17.5. The Kier molecular flexibility index (Phi) is 31.3. The summed E-state index contributed by atoms with van der Waals surface area (Å²) in [5, 5.41) is 36.1. The minimum absolute atomic E-state index is 0.0526. The second kappa shape index (κ2) is 38.7. The molecule has 2 aliphatic rings. The summed E-state index contributed by atoms with van der Waals surface area (Å²) >= 11 is 37.5. The number of halogens is 6. The summed E-state index contributed by atoms with van der Waals surface area (Å²) in [6.45, 7) is 17.1. The number of carbonyl (C=O) groups is 8. The number of urea groups is 1. The molecule has 22 nitrogen and oxygen atoms in total. The number of hydrogen-bond acceptors (Lipinski definition) is 14. The number of methoxy groups -OCH3 is 1. The second-order valence-electron chi connectivity index (χ2n) is 25.0. The fourth-order valence-electron chi connectivity index (χ4n) is 10.9. The Hall–Kier alpha value is -8.51. The first-order chi connectivity index (χ1) is 48.3. The summed E-state index contributed by atoms with van der Waals surface area (Å²) in [5.74, 6) is -1.87. The van der Waals surface area contributed by atoms with E-state index in [1.807, 2.05) is 52.8 Å². The molecule has 3 unspecified atom stereocenters. The van der Waals surface area contributed by atoms with Gasteiger partial charge in [0.15, 0.2) is 29.8 Å². The van der Waals surface area contributed by atoms with Crippen LogP contribution in [0.25, 0.3) is 0 Å². The Bertz CT molecular complexity index is 4080. The van der Waals surface area contributed by atoms with Gasteiger partial charge in [-0.15, -0.1) is 0 Å². The molecule has 6 aromatic carbocycles. The molecule has 102 heavy (non-hydrogen) atoms. The van der Waals surface area contributed by atoms with Crippen LogP contribution in [0.4, 0.5) is 38.9 Å². The summed E-state index contributed by atoms with van der Waals surface area (Å²) in [6, 6.07) is 22.1. The Morgan fingerprint density at radius 1 is 0.627 bits per heavy atom. The van der Waals surface area contributed by atoms with Gasteiger partial charge in [-0.2, -0.15) is 0 Å². The number of aliphatic imine (C=N–C) groups is 1. The number of aryl methyl sites for hydroxylation is 3. The summed E-state index contributed by atoms with van der Waals surface area (Å²) in [5.41, 5.74) is 6.96. The highest BCUT2D eigenvalue weighted by Gasteiger charge is 2.51. The maximum absolute atomic E-state index is 13.6. The van der Waals surface area contributed by atoms with E-state index in [1.165, 1.54) is 108 Å². The third-order valence-corrected chi connectivity index (χ3v) is 18.1. The molecule has 2 saturated heterocycles. The van der Waals surface area contributed by atoms with Gasteiger partial charge in [-0.3, -0.25) is 39.0 Å². The molecular formula is C74H87Cl6N9O13. The molecule has 6 aromatic rings. The zero-order valence-electron chi connectivity index (χ0n) is 58.8. The zero-order chi connectivity index (χ0) is 75.3. The highest BCUT2D eigenvalue weighted by Crippen LogP contribution is 2.41. The van der Waals surface area contributed by atoms with Gasteiger partial charge < -0.3 is 51.0 Å². The van der Waals surface area contributed by atoms with Gasteiger partial charge in [0.25, 0.3) is 29.5 Å². The van der Waals surface area contributed by atoms with E-state index in [9.17, 15) is 48.6 Å². The SMILES string of the molecule is CCCCCCCCCCCCC(Oc1ccc(O)cc1C)C(=O)Nc1ccc(Cl)c(N=C2CC(=O)N(c3c(Cl)cc(Cl)cc3Cl)N2)c1.CCc1c(Cl)cc(NC(=O)C(CC)Oc2ccc(C)cc2C)c(O)c1Cl.COc1ccc(NC(C)=O)cc1NC(=O)C(C(C)=O)N1C(=O)NC(C)(C)C1=O. The van der Waals surface area contributed by atoms with Crippen LogP contribution in [0, 0.1) is 20.8 Å². The molecule has 2 aliphatic heterocycles. The van der Waals surface area contributed by atoms with Gasteiger partial charge in [0.1, 0.15) is 40.1 Å². The van der Waals surface area contributed by atoms with Crippen molar-refractivity contribution in [1.29, 1.82) is 0 Å². The minimum Gasteiger partial charge on any atom is -0.508 e. The quantitative estimate of drug-likeness (QED) is 0.00938. The Morgan fingerprint density at radius 3 is 1.76 bits per heavy atom. The van der Waals surface area contributed by atoms with Gasteiger partial charge in [0.2, 0.25) is 5.91 Å². The zero-order valence-corrected chi connectivity index (χ0v) is 63.3. The number of ether oxygens (including phenoxy) is 3. The van der Waals surface area contributed by atoms with E-state index in [4.69, 9.17) is 83.8 Å². The standard InChI is InChI=1S/C36H42Cl4N4O4.C20H23Cl2NO3.C18H22N4O6/c1-3-4-5-6-7-8-9-10-11-12-13-32(48-31-17-15-26(45)18-23(31)2)36(47)41-25-14-16-27(38)30(21-25)42-33-22-34(46)44(43-33)35-28(39)19-24(37)20-29(35)40;1-5-13-14(21)10-15(19(24)18(13)22)23-20(25)16(6-2)26-17-8-7-11(3)9-12(17)4;1-9(23)14(22-16(26)18(3,4)21-17(22)27)15(25)20-12-8-11(19-10(2)24)6-7-13(12)28-5/h14-21,32,45H,3-13,22H2,1-2H3,(H,41,47)(H,42,43);7-10,16,24H,5-6H2,1-4H3,(H,23,25);6-8,14H,1-5H3,(H,19,24)(H,20,25)(H,21,27). The number of aromatic hydroxyl groups is 2. The van der Waals surface area contributed by atoms with Gasteiger partial charge in [-0.25, -0.2) is 19.7 Å². The van der Waals surface area contributed by atoms with E-state index in [2.05, 4.69) is 43.9 Å². The molecule has 0 aromatic heterocycles. The first kappa shape index (κ1) is 82.4. The van der Waals surface area contributed by atoms with Gasteiger partial charge in [-0.1, -0.05) is 166 Å². The fraction of sp³-hybridized carbons (Fsp3) is 0.392. The number of phenolic OH excluding ortho intramolecular Hbond substituents is 2. The summed E-state index contributed by atoms with van der Waals surface area (Å²) < 4.78 is 17.3. The number of nitrogens with zero attached hydrogens (tertiary/aromatic N) is 3. The lowest BCUT2D eigenvalue weighted by Gasteiger charge is -2.23.